The van der Waals surface area contributed by atoms with Crippen molar-refractivity contribution >= 4 is 14.3 Å². The standard InChI is InChI=1S/C38H68O4Si/c1-11-13-22-34(7)38(41)35(8)24-18-21-31(4)29-32(5)28-30(3)20-16-15-17-23-33(6)36(25-19-26-37(39)40)42-43(9,10)27-14-12-2/h11,13,16,19-20,22,25-26,30-35,38,41H,1,12,14-15,17-18,21,23-24,27-29H2,2-10H3,(H,39,40). The normalized spacial score (nSPS) is 18.0. The van der Waals surface area contributed by atoms with Crippen molar-refractivity contribution in [2.45, 2.75) is 138 Å². The Hall–Kier alpha value is -1.85. The number of aliphatic hydroxyl groups is 1. The third-order valence-corrected chi connectivity index (χ3v) is 10.9. The van der Waals surface area contributed by atoms with Gasteiger partial charge in [0.15, 0.2) is 0 Å². The van der Waals surface area contributed by atoms with Crippen LogP contribution in [0, 0.1) is 35.5 Å². The first-order chi connectivity index (χ1) is 20.2. The van der Waals surface area contributed by atoms with Gasteiger partial charge in [-0.3, -0.25) is 0 Å². The van der Waals surface area contributed by atoms with Gasteiger partial charge in [0.25, 0.3) is 0 Å². The maximum Gasteiger partial charge on any atom is 0.328 e. The van der Waals surface area contributed by atoms with Crippen molar-refractivity contribution in [3.8, 4) is 0 Å². The maximum absolute atomic E-state index is 11.0. The van der Waals surface area contributed by atoms with Crippen LogP contribution in [-0.4, -0.2) is 30.6 Å². The number of unbranched alkanes of at least 4 members (excludes halogenated alkanes) is 2. The van der Waals surface area contributed by atoms with Gasteiger partial charge in [-0.05, 0) is 87.4 Å². The molecule has 0 fully saturated rings. The van der Waals surface area contributed by atoms with Gasteiger partial charge in [0.2, 0.25) is 8.32 Å². The Bertz CT molecular complexity index is 871. The molecule has 0 aliphatic heterocycles. The van der Waals surface area contributed by atoms with Gasteiger partial charge in [-0.2, -0.15) is 0 Å². The highest BCUT2D eigenvalue weighted by molar-refractivity contribution is 6.71. The maximum atomic E-state index is 11.0. The molecule has 0 amide bonds. The number of rotatable bonds is 25. The van der Waals surface area contributed by atoms with E-state index in [0.717, 1.165) is 43.9 Å². The molecule has 0 saturated heterocycles. The molecule has 0 aromatic rings. The quantitative estimate of drug-likeness (QED) is 0.0267. The Balaban J connectivity index is 4.57. The average molecular weight is 617 g/mol. The first-order valence-electron chi connectivity index (χ1n) is 17.2. The smallest absolute Gasteiger partial charge is 0.328 e. The number of hydrogen-bond acceptors (Lipinski definition) is 3. The Morgan fingerprint density at radius 3 is 2.23 bits per heavy atom. The third kappa shape index (κ3) is 21.5. The topological polar surface area (TPSA) is 66.8 Å². The van der Waals surface area contributed by atoms with E-state index in [1.165, 1.54) is 38.2 Å². The zero-order chi connectivity index (χ0) is 32.8. The fraction of sp³-hybridized carbons (Fsp3) is 0.711. The lowest BCUT2D eigenvalue weighted by Crippen LogP contribution is -2.31. The van der Waals surface area contributed by atoms with E-state index in [-0.39, 0.29) is 17.9 Å². The second-order valence-corrected chi connectivity index (χ2v) is 18.3. The van der Waals surface area contributed by atoms with Crippen LogP contribution < -0.4 is 0 Å². The fourth-order valence-corrected chi connectivity index (χ4v) is 8.18. The molecule has 0 radical (unpaired) electrons. The minimum absolute atomic E-state index is 0.161. The number of carbonyl (C=O) groups is 1. The molecule has 2 N–H and O–H groups in total. The molecule has 248 valence electrons. The summed E-state index contributed by atoms with van der Waals surface area (Å²) in [5, 5.41) is 19.6. The molecule has 0 aliphatic rings. The predicted molar refractivity (Wildman–Crippen MR) is 190 cm³/mol. The van der Waals surface area contributed by atoms with Gasteiger partial charge in [0.05, 0.1) is 11.9 Å². The molecule has 43 heavy (non-hydrogen) atoms. The lowest BCUT2D eigenvalue weighted by molar-refractivity contribution is -0.131. The van der Waals surface area contributed by atoms with Gasteiger partial charge in [0.1, 0.15) is 0 Å². The van der Waals surface area contributed by atoms with Crippen LogP contribution in [0.2, 0.25) is 19.1 Å². The Labute approximate surface area is 267 Å². The van der Waals surface area contributed by atoms with E-state index in [1.54, 1.807) is 12.2 Å². The van der Waals surface area contributed by atoms with Gasteiger partial charge in [0, 0.05) is 17.9 Å². The highest BCUT2D eigenvalue weighted by atomic mass is 28.4. The van der Waals surface area contributed by atoms with Crippen LogP contribution in [0.25, 0.3) is 0 Å². The SMILES string of the molecule is C=CC=CC(C)C(O)C(C)CCCC(C)CC(C)CC(C)C=CCCCC(C)C(=CC=CC(=O)O)O[Si](C)(C)CCCC. The minimum Gasteiger partial charge on any atom is -0.547 e. The van der Waals surface area contributed by atoms with Gasteiger partial charge in [-0.1, -0.05) is 117 Å². The molecule has 0 rings (SSSR count). The van der Waals surface area contributed by atoms with Crippen molar-refractivity contribution < 1.29 is 19.4 Å². The lowest BCUT2D eigenvalue weighted by Gasteiger charge is -2.29. The van der Waals surface area contributed by atoms with Crippen LogP contribution in [0.4, 0.5) is 0 Å². The largest absolute Gasteiger partial charge is 0.547 e. The highest BCUT2D eigenvalue weighted by Crippen LogP contribution is 2.28. The zero-order valence-corrected chi connectivity index (χ0v) is 30.4. The fourth-order valence-electron chi connectivity index (χ4n) is 5.97. The molecule has 0 spiro atoms. The van der Waals surface area contributed by atoms with Crippen LogP contribution in [0.1, 0.15) is 113 Å². The molecule has 5 heteroatoms. The van der Waals surface area contributed by atoms with Crippen molar-refractivity contribution in [3.63, 3.8) is 0 Å². The van der Waals surface area contributed by atoms with Crippen molar-refractivity contribution in [1.82, 2.24) is 0 Å². The van der Waals surface area contributed by atoms with Gasteiger partial charge >= 0.3 is 5.97 Å². The first kappa shape index (κ1) is 41.1. The van der Waals surface area contributed by atoms with Crippen molar-refractivity contribution in [2.75, 3.05) is 0 Å². The summed E-state index contributed by atoms with van der Waals surface area (Å²) in [6.07, 6.45) is 26.3. The molecule has 0 bridgehead atoms. The summed E-state index contributed by atoms with van der Waals surface area (Å²) in [5.74, 6) is 2.72. The minimum atomic E-state index is -1.83. The van der Waals surface area contributed by atoms with E-state index < -0.39 is 14.3 Å². The first-order valence-corrected chi connectivity index (χ1v) is 20.3. The van der Waals surface area contributed by atoms with Crippen LogP contribution in [0.3, 0.4) is 0 Å². The van der Waals surface area contributed by atoms with Crippen molar-refractivity contribution in [2.24, 2.45) is 35.5 Å². The number of carboxylic acid groups (broad SMARTS) is 1. The molecule has 0 aromatic carbocycles. The van der Waals surface area contributed by atoms with E-state index in [0.29, 0.717) is 23.7 Å². The molecule has 0 saturated carbocycles. The molecule has 0 aromatic heterocycles. The van der Waals surface area contributed by atoms with Crippen molar-refractivity contribution in [1.29, 1.82) is 0 Å². The molecule has 0 aliphatic carbocycles. The predicted octanol–water partition coefficient (Wildman–Crippen LogP) is 11.1. The van der Waals surface area contributed by atoms with Crippen LogP contribution in [-0.2, 0) is 9.22 Å². The summed E-state index contributed by atoms with van der Waals surface area (Å²) >= 11 is 0. The van der Waals surface area contributed by atoms with Gasteiger partial charge < -0.3 is 14.6 Å². The van der Waals surface area contributed by atoms with Crippen LogP contribution in [0.15, 0.2) is 60.9 Å². The van der Waals surface area contributed by atoms with E-state index in [1.807, 2.05) is 18.2 Å². The van der Waals surface area contributed by atoms with E-state index >= 15 is 0 Å². The number of carboxylic acids is 1. The Morgan fingerprint density at radius 1 is 0.907 bits per heavy atom. The highest BCUT2D eigenvalue weighted by Gasteiger charge is 2.26. The average Bonchev–Trinajstić information content (AvgIpc) is 2.92. The summed E-state index contributed by atoms with van der Waals surface area (Å²) in [7, 11) is -1.83. The summed E-state index contributed by atoms with van der Waals surface area (Å²) in [6, 6.07) is 1.12. The molecular formula is C38H68O4Si. The third-order valence-electron chi connectivity index (χ3n) is 8.59. The Morgan fingerprint density at radius 2 is 1.60 bits per heavy atom. The number of hydrogen-bond donors (Lipinski definition) is 2. The summed E-state index contributed by atoms with van der Waals surface area (Å²) in [5.41, 5.74) is 0. The van der Waals surface area contributed by atoms with Crippen molar-refractivity contribution in [3.05, 3.63) is 60.9 Å². The molecule has 0 heterocycles. The zero-order valence-electron chi connectivity index (χ0n) is 29.4. The van der Waals surface area contributed by atoms with E-state index in [4.69, 9.17) is 9.53 Å². The molecular weight excluding hydrogens is 549 g/mol. The molecule has 7 atom stereocenters. The van der Waals surface area contributed by atoms with E-state index in [9.17, 15) is 9.90 Å². The van der Waals surface area contributed by atoms with Crippen LogP contribution in [0.5, 0.6) is 0 Å². The monoisotopic (exact) mass is 616 g/mol. The Kier molecular flexibility index (Phi) is 22.5. The number of allylic oxidation sites excluding steroid dienone is 7. The second kappa shape index (κ2) is 23.5. The van der Waals surface area contributed by atoms with Gasteiger partial charge in [-0.25, -0.2) is 4.79 Å². The number of aliphatic hydroxyl groups excluding tert-OH is 1. The summed E-state index contributed by atoms with van der Waals surface area (Å²) in [6.45, 7) is 24.0. The summed E-state index contributed by atoms with van der Waals surface area (Å²) < 4.78 is 6.54. The van der Waals surface area contributed by atoms with Crippen LogP contribution >= 0.6 is 0 Å². The number of aliphatic carboxylic acids is 1. The van der Waals surface area contributed by atoms with Gasteiger partial charge in [-0.15, -0.1) is 0 Å². The van der Waals surface area contributed by atoms with E-state index in [2.05, 4.69) is 80.3 Å². The molecule has 4 nitrogen and oxygen atoms in total. The lowest BCUT2D eigenvalue weighted by atomic mass is 9.85. The summed E-state index contributed by atoms with van der Waals surface area (Å²) in [4.78, 5) is 11.0. The molecule has 7 unspecified atom stereocenters. The second-order valence-electron chi connectivity index (χ2n) is 14.0.